The highest BCUT2D eigenvalue weighted by Gasteiger charge is 2.22. The molecule has 0 aliphatic carbocycles. The first-order chi connectivity index (χ1) is 8.85. The Hall–Kier alpha value is -1.33. The third-order valence-electron chi connectivity index (χ3n) is 3.79. The Kier molecular flexibility index (Phi) is 5.14. The zero-order valence-electron chi connectivity index (χ0n) is 13.0. The summed E-state index contributed by atoms with van der Waals surface area (Å²) in [7, 11) is 1.93. The smallest absolute Gasteiger partial charge is 0.0675 e. The van der Waals surface area contributed by atoms with E-state index in [0.717, 1.165) is 6.42 Å². The van der Waals surface area contributed by atoms with E-state index in [0.29, 0.717) is 0 Å². The van der Waals surface area contributed by atoms with Crippen LogP contribution < -0.4 is 5.32 Å². The lowest BCUT2D eigenvalue weighted by Crippen LogP contribution is -2.25. The summed E-state index contributed by atoms with van der Waals surface area (Å²) in [6.45, 7) is 10.9. The first kappa shape index (κ1) is 15.7. The Morgan fingerprint density at radius 1 is 1.32 bits per heavy atom. The van der Waals surface area contributed by atoms with Gasteiger partial charge in [-0.05, 0) is 42.5 Å². The predicted octanol–water partition coefficient (Wildman–Crippen LogP) is 4.10. The molecule has 0 saturated carbocycles. The summed E-state index contributed by atoms with van der Waals surface area (Å²) in [5, 5.41) is 12.6. The van der Waals surface area contributed by atoms with Gasteiger partial charge in [-0.1, -0.05) is 45.9 Å². The fraction of sp³-hybridized carbons (Fsp3) is 0.588. The van der Waals surface area contributed by atoms with Gasteiger partial charge in [0.05, 0.1) is 12.0 Å². The van der Waals surface area contributed by atoms with Crippen LogP contribution in [0.4, 0.5) is 0 Å². The van der Waals surface area contributed by atoms with E-state index < -0.39 is 0 Å². The van der Waals surface area contributed by atoms with E-state index in [1.54, 1.807) is 0 Å². The molecule has 19 heavy (non-hydrogen) atoms. The van der Waals surface area contributed by atoms with Crippen molar-refractivity contribution in [2.45, 2.75) is 52.5 Å². The summed E-state index contributed by atoms with van der Waals surface area (Å²) in [6, 6.07) is 9.15. The molecule has 1 aromatic rings. The minimum absolute atomic E-state index is 0.0178. The number of hydrogen-bond acceptors (Lipinski definition) is 2. The largest absolute Gasteiger partial charge is 0.312 e. The fourth-order valence-corrected chi connectivity index (χ4v) is 2.47. The number of hydrogen-bond donors (Lipinski definition) is 1. The Bertz CT molecular complexity index is 463. The molecule has 2 atom stereocenters. The Labute approximate surface area is 117 Å². The third kappa shape index (κ3) is 3.58. The van der Waals surface area contributed by atoms with Crippen LogP contribution >= 0.6 is 0 Å². The van der Waals surface area contributed by atoms with Crippen LogP contribution in [0.15, 0.2) is 18.2 Å². The van der Waals surface area contributed by atoms with Gasteiger partial charge >= 0.3 is 0 Å². The van der Waals surface area contributed by atoms with Crippen molar-refractivity contribution in [2.24, 2.45) is 5.92 Å². The SMILES string of the molecule is CCC(C#N)C(NC)c1ccc(C(C)(C)C)cc1C. The predicted molar refractivity (Wildman–Crippen MR) is 81.1 cm³/mol. The standard InChI is InChI=1S/C17H26N2/c1-7-13(11-18)16(19-6)15-9-8-14(10-12(15)2)17(3,4)5/h8-10,13,16,19H,7H2,1-6H3. The summed E-state index contributed by atoms with van der Waals surface area (Å²) >= 11 is 0. The van der Waals surface area contributed by atoms with Crippen molar-refractivity contribution in [2.75, 3.05) is 7.05 Å². The fourth-order valence-electron chi connectivity index (χ4n) is 2.47. The summed E-state index contributed by atoms with van der Waals surface area (Å²) in [5.74, 6) is 0.0178. The number of nitrogens with one attached hydrogen (secondary N) is 1. The van der Waals surface area contributed by atoms with Gasteiger partial charge in [-0.2, -0.15) is 5.26 Å². The molecule has 0 heterocycles. The van der Waals surface area contributed by atoms with Crippen LogP contribution in [-0.4, -0.2) is 7.05 Å². The van der Waals surface area contributed by atoms with Gasteiger partial charge in [0.25, 0.3) is 0 Å². The molecule has 0 bridgehead atoms. The lowest BCUT2D eigenvalue weighted by Gasteiger charge is -2.25. The second kappa shape index (κ2) is 6.21. The molecule has 1 rings (SSSR count). The summed E-state index contributed by atoms with van der Waals surface area (Å²) in [4.78, 5) is 0. The molecule has 0 radical (unpaired) electrons. The maximum absolute atomic E-state index is 9.27. The average Bonchev–Trinajstić information content (AvgIpc) is 2.35. The average molecular weight is 258 g/mol. The van der Waals surface area contributed by atoms with E-state index in [1.165, 1.54) is 16.7 Å². The van der Waals surface area contributed by atoms with Crippen molar-refractivity contribution in [3.8, 4) is 6.07 Å². The molecular formula is C17H26N2. The Morgan fingerprint density at radius 3 is 2.32 bits per heavy atom. The van der Waals surface area contributed by atoms with Gasteiger partial charge in [0, 0.05) is 6.04 Å². The topological polar surface area (TPSA) is 35.8 Å². The number of rotatable bonds is 4. The van der Waals surface area contributed by atoms with Gasteiger partial charge < -0.3 is 5.32 Å². The molecule has 0 amide bonds. The zero-order valence-corrected chi connectivity index (χ0v) is 13.0. The Morgan fingerprint density at radius 2 is 1.95 bits per heavy atom. The number of benzene rings is 1. The van der Waals surface area contributed by atoms with Crippen LogP contribution in [0.3, 0.4) is 0 Å². The highest BCUT2D eigenvalue weighted by molar-refractivity contribution is 5.37. The van der Waals surface area contributed by atoms with E-state index >= 15 is 0 Å². The minimum atomic E-state index is 0.0178. The molecule has 1 N–H and O–H groups in total. The molecule has 104 valence electrons. The van der Waals surface area contributed by atoms with Gasteiger partial charge in [0.15, 0.2) is 0 Å². The summed E-state index contributed by atoms with van der Waals surface area (Å²) in [6.07, 6.45) is 0.864. The number of nitriles is 1. The van der Waals surface area contributed by atoms with Gasteiger partial charge in [-0.3, -0.25) is 0 Å². The maximum atomic E-state index is 9.27. The zero-order chi connectivity index (χ0) is 14.6. The van der Waals surface area contributed by atoms with E-state index in [4.69, 9.17) is 0 Å². The summed E-state index contributed by atoms with van der Waals surface area (Å²) in [5.41, 5.74) is 4.01. The second-order valence-electron chi connectivity index (χ2n) is 6.23. The normalized spacial score (nSPS) is 14.8. The van der Waals surface area contributed by atoms with Crippen molar-refractivity contribution < 1.29 is 0 Å². The minimum Gasteiger partial charge on any atom is -0.312 e. The van der Waals surface area contributed by atoms with Gasteiger partial charge in [-0.25, -0.2) is 0 Å². The lowest BCUT2D eigenvalue weighted by atomic mass is 9.83. The van der Waals surface area contributed by atoms with Crippen LogP contribution in [-0.2, 0) is 5.41 Å². The second-order valence-corrected chi connectivity index (χ2v) is 6.23. The van der Waals surface area contributed by atoms with Crippen LogP contribution in [0.2, 0.25) is 0 Å². The van der Waals surface area contributed by atoms with Crippen molar-refractivity contribution in [1.82, 2.24) is 5.32 Å². The molecule has 0 spiro atoms. The molecule has 0 saturated heterocycles. The molecule has 2 heteroatoms. The first-order valence-corrected chi connectivity index (χ1v) is 7.03. The van der Waals surface area contributed by atoms with Crippen molar-refractivity contribution in [3.05, 3.63) is 34.9 Å². The van der Waals surface area contributed by atoms with Crippen LogP contribution in [0.25, 0.3) is 0 Å². The molecule has 2 nitrogen and oxygen atoms in total. The number of aryl methyl sites for hydroxylation is 1. The maximum Gasteiger partial charge on any atom is 0.0675 e. The molecule has 0 fully saturated rings. The van der Waals surface area contributed by atoms with Crippen LogP contribution in [0, 0.1) is 24.2 Å². The van der Waals surface area contributed by atoms with Crippen LogP contribution in [0.1, 0.15) is 56.8 Å². The number of nitrogens with zero attached hydrogens (tertiary/aromatic N) is 1. The van der Waals surface area contributed by atoms with E-state index in [9.17, 15) is 5.26 Å². The first-order valence-electron chi connectivity index (χ1n) is 7.03. The van der Waals surface area contributed by atoms with Crippen molar-refractivity contribution in [3.63, 3.8) is 0 Å². The monoisotopic (exact) mass is 258 g/mol. The molecule has 2 unspecified atom stereocenters. The quantitative estimate of drug-likeness (QED) is 0.882. The molecular weight excluding hydrogens is 232 g/mol. The molecule has 1 aromatic carbocycles. The van der Waals surface area contributed by atoms with E-state index in [1.807, 2.05) is 7.05 Å². The lowest BCUT2D eigenvalue weighted by molar-refractivity contribution is 0.447. The molecule has 0 aromatic heterocycles. The van der Waals surface area contributed by atoms with Gasteiger partial charge in [0.1, 0.15) is 0 Å². The van der Waals surface area contributed by atoms with Gasteiger partial charge in [-0.15, -0.1) is 0 Å². The van der Waals surface area contributed by atoms with Crippen LogP contribution in [0.5, 0.6) is 0 Å². The van der Waals surface area contributed by atoms with Gasteiger partial charge in [0.2, 0.25) is 0 Å². The highest BCUT2D eigenvalue weighted by Crippen LogP contribution is 2.30. The molecule has 0 aliphatic heterocycles. The third-order valence-corrected chi connectivity index (χ3v) is 3.79. The Balaban J connectivity index is 3.18. The van der Waals surface area contributed by atoms with Crippen molar-refractivity contribution in [1.29, 1.82) is 5.26 Å². The molecule has 0 aliphatic rings. The highest BCUT2D eigenvalue weighted by atomic mass is 14.9. The van der Waals surface area contributed by atoms with E-state index in [2.05, 4.69) is 64.2 Å². The van der Waals surface area contributed by atoms with Crippen molar-refractivity contribution >= 4 is 0 Å². The summed E-state index contributed by atoms with van der Waals surface area (Å²) < 4.78 is 0. The van der Waals surface area contributed by atoms with E-state index in [-0.39, 0.29) is 17.4 Å².